The lowest BCUT2D eigenvalue weighted by Crippen LogP contribution is -3.61. The molecule has 4 rings (SSSR count). The summed E-state index contributed by atoms with van der Waals surface area (Å²) in [5.74, 6) is 0. The highest BCUT2D eigenvalue weighted by atomic mass is 127. The van der Waals surface area contributed by atoms with Crippen LogP contribution in [0, 0.1) is 14.3 Å². The van der Waals surface area contributed by atoms with E-state index < -0.39 is 31.3 Å². The molecule has 0 atom stereocenters. The number of alkyl halides is 6. The molecule has 0 aromatic heterocycles. The standard InChI is InChI=1S/C20H26I.C12H10I.2CHF3O3S/c1-19(2,3)15-7-11-17(12-8-15)21-18-13-9-16(10-14-18)20(4,5)6;1-3-7-11(8-4-1)13-12-9-5-2-6-10-12;2*2-1(3,4)8(5,6)7/h7-14H,1-6H3;1-10H;2*(H,5,6,7)/q2*+1;;/p-2. The van der Waals surface area contributed by atoms with E-state index in [2.05, 4.69) is 151 Å². The Bertz CT molecular complexity index is 1670. The summed E-state index contributed by atoms with van der Waals surface area (Å²) < 4.78 is 124. The predicted molar refractivity (Wildman–Crippen MR) is 169 cm³/mol. The number of rotatable bonds is 4. The van der Waals surface area contributed by atoms with Crippen molar-refractivity contribution in [3.63, 3.8) is 0 Å². The van der Waals surface area contributed by atoms with Crippen LogP contribution in [0.15, 0.2) is 109 Å². The van der Waals surface area contributed by atoms with Crippen molar-refractivity contribution in [1.82, 2.24) is 0 Å². The van der Waals surface area contributed by atoms with E-state index in [-0.39, 0.29) is 53.2 Å². The van der Waals surface area contributed by atoms with Gasteiger partial charge in [0.25, 0.3) is 0 Å². The number of benzene rings is 4. The van der Waals surface area contributed by atoms with Crippen molar-refractivity contribution in [3.8, 4) is 0 Å². The third-order valence-electron chi connectivity index (χ3n) is 5.89. The molecule has 0 aliphatic rings. The van der Waals surface area contributed by atoms with Crippen molar-refractivity contribution in [2.75, 3.05) is 0 Å². The van der Waals surface area contributed by atoms with Crippen LogP contribution < -0.4 is 42.4 Å². The maximum absolute atomic E-state index is 10.7. The fourth-order valence-electron chi connectivity index (χ4n) is 3.23. The molecule has 4 aromatic carbocycles. The van der Waals surface area contributed by atoms with Gasteiger partial charge in [0, 0.05) is 0 Å². The zero-order valence-corrected chi connectivity index (χ0v) is 33.6. The minimum absolute atomic E-state index is 0.0287. The van der Waals surface area contributed by atoms with Gasteiger partial charge in [-0.25, -0.2) is 16.8 Å². The lowest BCUT2D eigenvalue weighted by atomic mass is 9.87. The van der Waals surface area contributed by atoms with Gasteiger partial charge >= 0.3 is 53.4 Å². The Hall–Kier alpha value is -2.26. The van der Waals surface area contributed by atoms with Gasteiger partial charge in [0.2, 0.25) is 0 Å². The largest absolute Gasteiger partial charge is 0.741 e. The summed E-state index contributed by atoms with van der Waals surface area (Å²) >= 11 is -0.0416. The third-order valence-corrected chi connectivity index (χ3v) is 12.4. The van der Waals surface area contributed by atoms with E-state index in [1.54, 1.807) is 0 Å². The van der Waals surface area contributed by atoms with Crippen molar-refractivity contribution in [2.45, 2.75) is 63.4 Å². The molecule has 6 nitrogen and oxygen atoms in total. The van der Waals surface area contributed by atoms with Gasteiger partial charge in [-0.2, -0.15) is 26.3 Å². The van der Waals surface area contributed by atoms with Gasteiger partial charge in [-0.15, -0.1) is 0 Å². The summed E-state index contributed by atoms with van der Waals surface area (Å²) in [5.41, 5.74) is -7.98. The molecule has 0 saturated heterocycles. The molecular formula is C34H36F6I2O6S2. The quantitative estimate of drug-likeness (QED) is 0.135. The van der Waals surface area contributed by atoms with Crippen molar-refractivity contribution in [1.29, 1.82) is 0 Å². The van der Waals surface area contributed by atoms with Gasteiger partial charge in [-0.05, 0) is 70.5 Å². The fourth-order valence-corrected chi connectivity index (χ4v) is 7.66. The second kappa shape index (κ2) is 19.0. The molecule has 0 bridgehead atoms. The molecule has 0 unspecified atom stereocenters. The maximum Gasteiger partial charge on any atom is 0.485 e. The van der Waals surface area contributed by atoms with E-state index in [0.717, 1.165) is 0 Å². The molecular weight excluding hydrogens is 936 g/mol. The van der Waals surface area contributed by atoms with E-state index in [4.69, 9.17) is 25.9 Å². The molecule has 0 spiro atoms. The maximum atomic E-state index is 10.7. The molecule has 0 aliphatic heterocycles. The zero-order chi connectivity index (χ0) is 38.6. The Morgan fingerprint density at radius 1 is 0.420 bits per heavy atom. The first-order valence-corrected chi connectivity index (χ1v) is 21.4. The molecule has 50 heavy (non-hydrogen) atoms. The zero-order valence-electron chi connectivity index (χ0n) is 27.7. The van der Waals surface area contributed by atoms with Crippen LogP contribution in [0.5, 0.6) is 0 Å². The van der Waals surface area contributed by atoms with Gasteiger partial charge in [-0.1, -0.05) is 102 Å². The first kappa shape index (κ1) is 45.8. The van der Waals surface area contributed by atoms with Crippen molar-refractivity contribution in [3.05, 3.63) is 135 Å². The Kier molecular flexibility index (Phi) is 17.4. The van der Waals surface area contributed by atoms with Gasteiger partial charge in [-0.3, -0.25) is 0 Å². The Morgan fingerprint density at radius 2 is 0.620 bits per heavy atom. The smallest absolute Gasteiger partial charge is 0.485 e. The highest BCUT2D eigenvalue weighted by Crippen LogP contribution is 2.23. The summed E-state index contributed by atoms with van der Waals surface area (Å²) in [6, 6.07) is 39.8. The monoisotopic (exact) mass is 972 g/mol. The minimum atomic E-state index is -6.09. The number of hydrogen-bond acceptors (Lipinski definition) is 6. The molecule has 4 aromatic rings. The van der Waals surface area contributed by atoms with Crippen LogP contribution in [0.1, 0.15) is 52.7 Å². The van der Waals surface area contributed by atoms with Crippen LogP contribution in [0.2, 0.25) is 0 Å². The van der Waals surface area contributed by atoms with Gasteiger partial charge in [0.05, 0.1) is 0 Å². The molecule has 16 heteroatoms. The molecule has 0 saturated carbocycles. The van der Waals surface area contributed by atoms with Crippen LogP contribution in [0.4, 0.5) is 26.3 Å². The van der Waals surface area contributed by atoms with Crippen molar-refractivity contribution < 1.29 is 94.7 Å². The summed E-state index contributed by atoms with van der Waals surface area (Å²) in [4.78, 5) is 0. The average Bonchev–Trinajstić information content (AvgIpc) is 2.97. The first-order chi connectivity index (χ1) is 22.6. The van der Waals surface area contributed by atoms with Crippen LogP contribution in [0.3, 0.4) is 0 Å². The number of hydrogen-bond donors (Lipinski definition) is 0. The topological polar surface area (TPSA) is 114 Å². The molecule has 0 N–H and O–H groups in total. The van der Waals surface area contributed by atoms with E-state index in [0.29, 0.717) is 0 Å². The Labute approximate surface area is 310 Å². The van der Waals surface area contributed by atoms with Crippen LogP contribution in [-0.2, 0) is 31.1 Å². The summed E-state index contributed by atoms with van der Waals surface area (Å²) in [7, 11) is -12.2. The van der Waals surface area contributed by atoms with Gasteiger partial charge < -0.3 is 9.11 Å². The van der Waals surface area contributed by atoms with Gasteiger partial charge in [0.1, 0.15) is 0 Å². The average molecular weight is 973 g/mol. The SMILES string of the molecule is CC(C)(C)c1ccc([I+]c2ccc(C(C)(C)C)cc2)cc1.O=S(=O)([O-])C(F)(F)F.O=S(=O)([O-])C(F)(F)F.c1ccc([I+]c2ccccc2)cc1. The lowest BCUT2D eigenvalue weighted by molar-refractivity contribution is -0.597. The third kappa shape index (κ3) is 17.8. The first-order valence-electron chi connectivity index (χ1n) is 14.3. The molecule has 276 valence electrons. The van der Waals surface area contributed by atoms with Gasteiger partial charge in [0.15, 0.2) is 34.5 Å². The second-order valence-electron chi connectivity index (χ2n) is 12.1. The lowest BCUT2D eigenvalue weighted by Gasteiger charge is -2.18. The van der Waals surface area contributed by atoms with Crippen LogP contribution in [-0.4, -0.2) is 37.0 Å². The molecule has 0 amide bonds. The Morgan fingerprint density at radius 3 is 0.800 bits per heavy atom. The van der Waals surface area contributed by atoms with E-state index in [1.807, 2.05) is 0 Å². The highest BCUT2D eigenvalue weighted by Gasteiger charge is 2.37. The minimum Gasteiger partial charge on any atom is -0.741 e. The van der Waals surface area contributed by atoms with Crippen LogP contribution >= 0.6 is 0 Å². The summed E-state index contributed by atoms with van der Waals surface area (Å²) in [6.07, 6.45) is 0. The predicted octanol–water partition coefficient (Wildman–Crippen LogP) is 2.33. The van der Waals surface area contributed by atoms with E-state index in [9.17, 15) is 26.3 Å². The molecule has 0 fully saturated rings. The molecule has 0 radical (unpaired) electrons. The summed E-state index contributed by atoms with van der Waals surface area (Å²) in [6.45, 7) is 13.6. The molecule has 0 heterocycles. The summed E-state index contributed by atoms with van der Waals surface area (Å²) in [5, 5.41) is 0. The van der Waals surface area contributed by atoms with E-state index in [1.165, 1.54) is 25.4 Å². The number of halogens is 8. The van der Waals surface area contributed by atoms with E-state index >= 15 is 0 Å². The van der Waals surface area contributed by atoms with Crippen molar-refractivity contribution >= 4 is 20.2 Å². The fraction of sp³-hybridized carbons (Fsp3) is 0.294. The Balaban J connectivity index is 0.000000368. The normalized spacial score (nSPS) is 12.3. The van der Waals surface area contributed by atoms with Crippen molar-refractivity contribution in [2.24, 2.45) is 0 Å². The second-order valence-corrected chi connectivity index (χ2v) is 20.9. The molecule has 0 aliphatic carbocycles. The van der Waals surface area contributed by atoms with Crippen LogP contribution in [0.25, 0.3) is 0 Å². The highest BCUT2D eigenvalue weighted by molar-refractivity contribution is 7.86.